The Morgan fingerprint density at radius 2 is 1.67 bits per heavy atom. The van der Waals surface area contributed by atoms with Gasteiger partial charge in [0.15, 0.2) is 0 Å². The summed E-state index contributed by atoms with van der Waals surface area (Å²) in [5, 5.41) is 0. The second-order valence-electron chi connectivity index (χ2n) is 4.55. The van der Waals surface area contributed by atoms with Crippen LogP contribution in [0, 0.1) is 0 Å². The number of rotatable bonds is 5. The average Bonchev–Trinajstić information content (AvgIpc) is 2.13. The molecule has 86 valence electrons. The average molecular weight is 274 g/mol. The maximum absolute atomic E-state index is 5.58. The van der Waals surface area contributed by atoms with E-state index < -0.39 is 0 Å². The first-order chi connectivity index (χ1) is 6.58. The van der Waals surface area contributed by atoms with Crippen molar-refractivity contribution in [2.75, 3.05) is 34.3 Å². The topological polar surface area (TPSA) is 9.23 Å². The molecule has 0 aliphatic rings. The molecule has 0 bridgehead atoms. The predicted octanol–water partition coefficient (Wildman–Crippen LogP) is -1.09. The van der Waals surface area contributed by atoms with Crippen LogP contribution >= 0.6 is 0 Å². The largest absolute Gasteiger partial charge is 1.00 e. The van der Waals surface area contributed by atoms with Gasteiger partial charge in [-0.05, 0) is 5.56 Å². The SMILES string of the molecule is C[N+](C)(C)CCOCc1ccccc1.[Br-]. The third kappa shape index (κ3) is 7.54. The van der Waals surface area contributed by atoms with Crippen LogP contribution < -0.4 is 17.0 Å². The van der Waals surface area contributed by atoms with Gasteiger partial charge in [-0.3, -0.25) is 0 Å². The smallest absolute Gasteiger partial charge is 0.102 e. The van der Waals surface area contributed by atoms with Crippen molar-refractivity contribution in [1.29, 1.82) is 0 Å². The minimum absolute atomic E-state index is 0. The second kappa shape index (κ2) is 6.99. The van der Waals surface area contributed by atoms with Gasteiger partial charge < -0.3 is 26.2 Å². The number of quaternary nitrogens is 1. The van der Waals surface area contributed by atoms with Crippen molar-refractivity contribution >= 4 is 0 Å². The van der Waals surface area contributed by atoms with Gasteiger partial charge in [0.05, 0.1) is 34.4 Å². The Morgan fingerprint density at radius 3 is 2.20 bits per heavy atom. The number of halogens is 1. The highest BCUT2D eigenvalue weighted by Crippen LogP contribution is 2.00. The summed E-state index contributed by atoms with van der Waals surface area (Å²) in [6.45, 7) is 2.59. The van der Waals surface area contributed by atoms with Crippen molar-refractivity contribution in [2.24, 2.45) is 0 Å². The quantitative estimate of drug-likeness (QED) is 0.490. The Bertz CT molecular complexity index is 256. The molecule has 0 aliphatic carbocycles. The fourth-order valence-electron chi connectivity index (χ4n) is 1.10. The molecule has 15 heavy (non-hydrogen) atoms. The van der Waals surface area contributed by atoms with E-state index in [-0.39, 0.29) is 17.0 Å². The molecule has 0 aromatic heterocycles. The molecule has 0 aliphatic heterocycles. The molecule has 0 heterocycles. The van der Waals surface area contributed by atoms with Gasteiger partial charge in [0.1, 0.15) is 6.54 Å². The number of ether oxygens (including phenoxy) is 1. The molecule has 1 rings (SSSR count). The van der Waals surface area contributed by atoms with Crippen LogP contribution in [0.3, 0.4) is 0 Å². The van der Waals surface area contributed by atoms with E-state index in [2.05, 4.69) is 33.3 Å². The molecule has 0 radical (unpaired) electrons. The van der Waals surface area contributed by atoms with Crippen LogP contribution in [-0.4, -0.2) is 38.8 Å². The Hall–Kier alpha value is -0.380. The summed E-state index contributed by atoms with van der Waals surface area (Å²) in [4.78, 5) is 0. The standard InChI is InChI=1S/C12H20NO.BrH/c1-13(2,3)9-10-14-11-12-7-5-4-6-8-12;/h4-8H,9-11H2,1-3H3;1H/q+1;/p-1. The maximum atomic E-state index is 5.58. The molecule has 0 saturated heterocycles. The van der Waals surface area contributed by atoms with E-state index in [1.165, 1.54) is 5.56 Å². The molecule has 0 saturated carbocycles. The van der Waals surface area contributed by atoms with Gasteiger partial charge in [-0.2, -0.15) is 0 Å². The molecule has 3 heteroatoms. The molecule has 0 spiro atoms. The minimum atomic E-state index is 0. The summed E-state index contributed by atoms with van der Waals surface area (Å²) in [7, 11) is 6.52. The highest BCUT2D eigenvalue weighted by Gasteiger charge is 2.05. The molecule has 1 aromatic carbocycles. The summed E-state index contributed by atoms with van der Waals surface area (Å²) in [5.74, 6) is 0. The fraction of sp³-hybridized carbons (Fsp3) is 0.500. The monoisotopic (exact) mass is 273 g/mol. The maximum Gasteiger partial charge on any atom is 0.102 e. The molecule has 1 aromatic rings. The van der Waals surface area contributed by atoms with Crippen molar-refractivity contribution in [3.8, 4) is 0 Å². The number of hydrogen-bond acceptors (Lipinski definition) is 1. The minimum Gasteiger partial charge on any atom is -1.00 e. The lowest BCUT2D eigenvalue weighted by molar-refractivity contribution is -0.870. The first kappa shape index (κ1) is 14.6. The zero-order chi connectivity index (χ0) is 10.4. The number of nitrogens with zero attached hydrogens (tertiary/aromatic N) is 1. The Balaban J connectivity index is 0.00000196. The van der Waals surface area contributed by atoms with Crippen molar-refractivity contribution < 1.29 is 26.2 Å². The molecular weight excluding hydrogens is 254 g/mol. The van der Waals surface area contributed by atoms with Gasteiger partial charge in [0.2, 0.25) is 0 Å². The van der Waals surface area contributed by atoms with Crippen LogP contribution in [0.5, 0.6) is 0 Å². The lowest BCUT2D eigenvalue weighted by Crippen LogP contribution is -3.00. The number of benzene rings is 1. The summed E-state index contributed by atoms with van der Waals surface area (Å²) in [6.07, 6.45) is 0. The highest BCUT2D eigenvalue weighted by molar-refractivity contribution is 5.13. The van der Waals surface area contributed by atoms with Crippen molar-refractivity contribution in [3.63, 3.8) is 0 Å². The molecule has 2 nitrogen and oxygen atoms in total. The van der Waals surface area contributed by atoms with Crippen LogP contribution in [0.2, 0.25) is 0 Å². The first-order valence-corrected chi connectivity index (χ1v) is 5.00. The predicted molar refractivity (Wildman–Crippen MR) is 59.0 cm³/mol. The van der Waals surface area contributed by atoms with E-state index in [9.17, 15) is 0 Å². The zero-order valence-corrected chi connectivity index (χ0v) is 11.3. The van der Waals surface area contributed by atoms with E-state index in [4.69, 9.17) is 4.74 Å². The van der Waals surface area contributed by atoms with E-state index >= 15 is 0 Å². The van der Waals surface area contributed by atoms with Crippen LogP contribution in [0.1, 0.15) is 5.56 Å². The van der Waals surface area contributed by atoms with Gasteiger partial charge in [0.25, 0.3) is 0 Å². The lowest BCUT2D eigenvalue weighted by Gasteiger charge is -2.23. The van der Waals surface area contributed by atoms with Gasteiger partial charge >= 0.3 is 0 Å². The van der Waals surface area contributed by atoms with Crippen LogP contribution in [-0.2, 0) is 11.3 Å². The Morgan fingerprint density at radius 1 is 1.07 bits per heavy atom. The molecule has 0 N–H and O–H groups in total. The summed E-state index contributed by atoms with van der Waals surface area (Å²) in [5.41, 5.74) is 1.24. The lowest BCUT2D eigenvalue weighted by atomic mass is 10.2. The Labute approximate surface area is 103 Å². The van der Waals surface area contributed by atoms with Gasteiger partial charge in [-0.15, -0.1) is 0 Å². The second-order valence-corrected chi connectivity index (χ2v) is 4.55. The van der Waals surface area contributed by atoms with Crippen molar-refractivity contribution in [2.45, 2.75) is 6.61 Å². The van der Waals surface area contributed by atoms with Crippen molar-refractivity contribution in [3.05, 3.63) is 35.9 Å². The molecule has 0 fully saturated rings. The number of hydrogen-bond donors (Lipinski definition) is 0. The number of likely N-dealkylation sites (N-methyl/N-ethyl adjacent to an activating group) is 1. The van der Waals surface area contributed by atoms with E-state index in [1.807, 2.05) is 18.2 Å². The van der Waals surface area contributed by atoms with Gasteiger partial charge in [0, 0.05) is 0 Å². The van der Waals surface area contributed by atoms with Crippen molar-refractivity contribution in [1.82, 2.24) is 0 Å². The first-order valence-electron chi connectivity index (χ1n) is 5.00. The molecule has 0 atom stereocenters. The summed E-state index contributed by atoms with van der Waals surface area (Å²) < 4.78 is 6.53. The third-order valence-electron chi connectivity index (χ3n) is 2.02. The normalized spacial score (nSPS) is 10.9. The summed E-state index contributed by atoms with van der Waals surface area (Å²) in [6, 6.07) is 10.3. The molecule has 0 unspecified atom stereocenters. The van der Waals surface area contributed by atoms with Crippen LogP contribution in [0.4, 0.5) is 0 Å². The van der Waals surface area contributed by atoms with E-state index in [0.29, 0.717) is 0 Å². The fourth-order valence-corrected chi connectivity index (χ4v) is 1.10. The molecule has 0 amide bonds. The zero-order valence-electron chi connectivity index (χ0n) is 9.74. The van der Waals surface area contributed by atoms with Crippen LogP contribution in [0.25, 0.3) is 0 Å². The van der Waals surface area contributed by atoms with E-state index in [1.54, 1.807) is 0 Å². The molecular formula is C12H20BrNO. The third-order valence-corrected chi connectivity index (χ3v) is 2.02. The highest BCUT2D eigenvalue weighted by atomic mass is 79.9. The summed E-state index contributed by atoms with van der Waals surface area (Å²) >= 11 is 0. The van der Waals surface area contributed by atoms with Crippen LogP contribution in [0.15, 0.2) is 30.3 Å². The van der Waals surface area contributed by atoms with Gasteiger partial charge in [-0.1, -0.05) is 30.3 Å². The van der Waals surface area contributed by atoms with E-state index in [0.717, 1.165) is 24.2 Å². The van der Waals surface area contributed by atoms with Gasteiger partial charge in [-0.25, -0.2) is 0 Å². The Kier molecular flexibility index (Phi) is 6.81.